The second-order valence-corrected chi connectivity index (χ2v) is 3.37. The van der Waals surface area contributed by atoms with Crippen molar-refractivity contribution in [3.8, 4) is 5.75 Å². The van der Waals surface area contributed by atoms with E-state index in [9.17, 15) is 4.79 Å². The molecule has 0 N–H and O–H groups in total. The number of esters is 1. The van der Waals surface area contributed by atoms with Crippen molar-refractivity contribution in [1.82, 2.24) is 9.38 Å². The van der Waals surface area contributed by atoms with Crippen LogP contribution in [0.2, 0.25) is 0 Å². The third-order valence-corrected chi connectivity index (χ3v) is 2.42. The number of hydrogen-bond donors (Lipinski definition) is 0. The van der Waals surface area contributed by atoms with E-state index in [4.69, 9.17) is 9.47 Å². The van der Waals surface area contributed by atoms with Gasteiger partial charge in [0.2, 0.25) is 0 Å². The van der Waals surface area contributed by atoms with Crippen molar-refractivity contribution in [2.75, 3.05) is 14.2 Å². The summed E-state index contributed by atoms with van der Waals surface area (Å²) in [4.78, 5) is 15.7. The summed E-state index contributed by atoms with van der Waals surface area (Å²) >= 11 is 0. The average Bonchev–Trinajstić information content (AvgIpc) is 2.68. The normalized spacial score (nSPS) is 10.4. The number of ether oxygens (including phenoxy) is 2. The Kier molecular flexibility index (Phi) is 2.52. The monoisotopic (exact) mass is 220 g/mol. The fraction of sp³-hybridized carbons (Fsp3) is 0.273. The number of imidazole rings is 1. The fourth-order valence-corrected chi connectivity index (χ4v) is 1.56. The summed E-state index contributed by atoms with van der Waals surface area (Å²) in [7, 11) is 2.85. The number of methoxy groups -OCH3 is 2. The van der Waals surface area contributed by atoms with Gasteiger partial charge in [0.15, 0.2) is 0 Å². The maximum Gasteiger partial charge on any atom is 0.343 e. The van der Waals surface area contributed by atoms with Gasteiger partial charge in [-0.05, 0) is 6.92 Å². The number of rotatable bonds is 2. The quantitative estimate of drug-likeness (QED) is 0.718. The van der Waals surface area contributed by atoms with E-state index in [1.807, 2.05) is 11.3 Å². The molecular weight excluding hydrogens is 208 g/mol. The molecule has 2 aromatic heterocycles. The first-order valence-corrected chi connectivity index (χ1v) is 4.77. The molecule has 0 fully saturated rings. The van der Waals surface area contributed by atoms with Crippen molar-refractivity contribution in [2.24, 2.45) is 0 Å². The van der Waals surface area contributed by atoms with Gasteiger partial charge in [-0.1, -0.05) is 0 Å². The van der Waals surface area contributed by atoms with E-state index in [2.05, 4.69) is 4.98 Å². The van der Waals surface area contributed by atoms with Crippen LogP contribution in [0.1, 0.15) is 16.1 Å². The molecule has 0 aliphatic rings. The molecule has 5 nitrogen and oxygen atoms in total. The molecule has 0 aliphatic heterocycles. The van der Waals surface area contributed by atoms with Crippen LogP contribution in [0.25, 0.3) is 5.65 Å². The molecule has 0 amide bonds. The Morgan fingerprint density at radius 1 is 1.44 bits per heavy atom. The van der Waals surface area contributed by atoms with E-state index in [-0.39, 0.29) is 0 Å². The Hall–Kier alpha value is -2.04. The van der Waals surface area contributed by atoms with Crippen LogP contribution < -0.4 is 4.74 Å². The van der Waals surface area contributed by atoms with E-state index in [0.29, 0.717) is 11.3 Å². The Balaban J connectivity index is 2.69. The highest BCUT2D eigenvalue weighted by atomic mass is 16.5. The topological polar surface area (TPSA) is 52.8 Å². The van der Waals surface area contributed by atoms with Gasteiger partial charge in [-0.3, -0.25) is 0 Å². The lowest BCUT2D eigenvalue weighted by Gasteiger charge is -2.07. The van der Waals surface area contributed by atoms with E-state index >= 15 is 0 Å². The number of fused-ring (bicyclic) bond motifs is 1. The molecule has 0 atom stereocenters. The predicted octanol–water partition coefficient (Wildman–Crippen LogP) is 1.44. The number of pyridine rings is 1. The van der Waals surface area contributed by atoms with Gasteiger partial charge in [0.25, 0.3) is 0 Å². The van der Waals surface area contributed by atoms with Crippen LogP contribution in [0.4, 0.5) is 0 Å². The van der Waals surface area contributed by atoms with Gasteiger partial charge < -0.3 is 13.9 Å². The highest BCUT2D eigenvalue weighted by molar-refractivity contribution is 5.92. The molecule has 0 spiro atoms. The largest absolute Gasteiger partial charge is 0.496 e. The summed E-state index contributed by atoms with van der Waals surface area (Å²) in [6, 6.07) is 1.71. The summed E-state index contributed by atoms with van der Waals surface area (Å²) in [6.07, 6.45) is 3.40. The molecule has 0 radical (unpaired) electrons. The number of aryl methyl sites for hydroxylation is 1. The van der Waals surface area contributed by atoms with Crippen molar-refractivity contribution in [2.45, 2.75) is 6.92 Å². The molecule has 0 unspecified atom stereocenters. The zero-order chi connectivity index (χ0) is 11.7. The van der Waals surface area contributed by atoms with E-state index < -0.39 is 5.97 Å². The SMILES string of the molecule is COC(=O)c1cn2c(C)cnc2cc1OC. The summed E-state index contributed by atoms with van der Waals surface area (Å²) in [5.41, 5.74) is 2.07. The smallest absolute Gasteiger partial charge is 0.343 e. The second-order valence-electron chi connectivity index (χ2n) is 3.37. The van der Waals surface area contributed by atoms with Gasteiger partial charge in [-0.2, -0.15) is 0 Å². The summed E-state index contributed by atoms with van der Waals surface area (Å²) in [5, 5.41) is 0. The lowest BCUT2D eigenvalue weighted by Crippen LogP contribution is -2.06. The maximum absolute atomic E-state index is 11.5. The van der Waals surface area contributed by atoms with E-state index in [0.717, 1.165) is 11.3 Å². The molecule has 0 saturated carbocycles. The minimum Gasteiger partial charge on any atom is -0.496 e. The first-order chi connectivity index (χ1) is 7.67. The highest BCUT2D eigenvalue weighted by Gasteiger charge is 2.15. The van der Waals surface area contributed by atoms with Crippen LogP contribution in [0.3, 0.4) is 0 Å². The van der Waals surface area contributed by atoms with Gasteiger partial charge >= 0.3 is 5.97 Å². The first kappa shape index (κ1) is 10.5. The van der Waals surface area contributed by atoms with Crippen LogP contribution in [-0.4, -0.2) is 29.6 Å². The number of aromatic nitrogens is 2. The van der Waals surface area contributed by atoms with Crippen LogP contribution in [-0.2, 0) is 4.74 Å². The molecule has 2 rings (SSSR count). The molecule has 0 aromatic carbocycles. The minimum absolute atomic E-state index is 0.388. The summed E-state index contributed by atoms with van der Waals surface area (Å²) < 4.78 is 11.6. The number of nitrogens with zero attached hydrogens (tertiary/aromatic N) is 2. The Morgan fingerprint density at radius 2 is 2.19 bits per heavy atom. The van der Waals surface area contributed by atoms with Crippen LogP contribution in [0.5, 0.6) is 5.75 Å². The first-order valence-electron chi connectivity index (χ1n) is 4.77. The van der Waals surface area contributed by atoms with Crippen LogP contribution in [0.15, 0.2) is 18.5 Å². The molecule has 0 aliphatic carbocycles. The van der Waals surface area contributed by atoms with Gasteiger partial charge in [0, 0.05) is 24.2 Å². The Morgan fingerprint density at radius 3 is 2.81 bits per heavy atom. The van der Waals surface area contributed by atoms with Gasteiger partial charge in [-0.15, -0.1) is 0 Å². The number of carbonyl (C=O) groups is 1. The number of hydrogen-bond acceptors (Lipinski definition) is 4. The van der Waals surface area contributed by atoms with E-state index in [1.54, 1.807) is 18.5 Å². The van der Waals surface area contributed by atoms with Gasteiger partial charge in [0.1, 0.15) is 17.0 Å². The van der Waals surface area contributed by atoms with Crippen molar-refractivity contribution in [1.29, 1.82) is 0 Å². The summed E-state index contributed by atoms with van der Waals surface area (Å²) in [5.74, 6) is 0.0387. The van der Waals surface area contributed by atoms with Crippen molar-refractivity contribution in [3.63, 3.8) is 0 Å². The average molecular weight is 220 g/mol. The maximum atomic E-state index is 11.5. The Bertz CT molecular complexity index is 545. The fourth-order valence-electron chi connectivity index (χ4n) is 1.56. The molecule has 0 saturated heterocycles. The second kappa shape index (κ2) is 3.84. The highest BCUT2D eigenvalue weighted by Crippen LogP contribution is 2.21. The summed E-state index contributed by atoms with van der Waals surface area (Å²) in [6.45, 7) is 1.91. The van der Waals surface area contributed by atoms with Crippen molar-refractivity contribution in [3.05, 3.63) is 29.7 Å². The van der Waals surface area contributed by atoms with Crippen LogP contribution in [0, 0.1) is 6.92 Å². The van der Waals surface area contributed by atoms with Gasteiger partial charge in [0.05, 0.1) is 14.2 Å². The lowest BCUT2D eigenvalue weighted by molar-refractivity contribution is 0.0596. The molecular formula is C11H12N2O3. The lowest BCUT2D eigenvalue weighted by atomic mass is 10.2. The van der Waals surface area contributed by atoms with Crippen LogP contribution >= 0.6 is 0 Å². The standard InChI is InChI=1S/C11H12N2O3/c1-7-5-12-10-4-9(15-2)8(6-13(7)10)11(14)16-3/h4-6H,1-3H3. The Labute approximate surface area is 92.6 Å². The zero-order valence-corrected chi connectivity index (χ0v) is 9.35. The predicted molar refractivity (Wildman–Crippen MR) is 57.8 cm³/mol. The molecule has 16 heavy (non-hydrogen) atoms. The molecule has 2 heterocycles. The molecule has 84 valence electrons. The van der Waals surface area contributed by atoms with Crippen molar-refractivity contribution < 1.29 is 14.3 Å². The molecule has 2 aromatic rings. The molecule has 0 bridgehead atoms. The number of carbonyl (C=O) groups excluding carboxylic acids is 1. The van der Waals surface area contributed by atoms with E-state index in [1.165, 1.54) is 14.2 Å². The van der Waals surface area contributed by atoms with Crippen molar-refractivity contribution >= 4 is 11.6 Å². The zero-order valence-electron chi connectivity index (χ0n) is 9.35. The third kappa shape index (κ3) is 1.50. The molecule has 5 heteroatoms. The minimum atomic E-state index is -0.424. The van der Waals surface area contributed by atoms with Gasteiger partial charge in [-0.25, -0.2) is 9.78 Å². The third-order valence-electron chi connectivity index (χ3n) is 2.42.